The predicted octanol–water partition coefficient (Wildman–Crippen LogP) is 4.33. The van der Waals surface area contributed by atoms with Gasteiger partial charge < -0.3 is 19.1 Å². The first-order valence-corrected chi connectivity index (χ1v) is 13.2. The molecular weight excluding hydrogens is 466 g/mol. The van der Waals surface area contributed by atoms with Gasteiger partial charge in [0, 0.05) is 55.6 Å². The maximum atomic E-state index is 5.57. The van der Waals surface area contributed by atoms with Gasteiger partial charge in [-0.1, -0.05) is 18.2 Å². The van der Waals surface area contributed by atoms with Crippen molar-refractivity contribution in [2.24, 2.45) is 0 Å². The first-order valence-electron chi connectivity index (χ1n) is 13.2. The lowest BCUT2D eigenvalue weighted by Crippen LogP contribution is -2.47. The van der Waals surface area contributed by atoms with Gasteiger partial charge in [0.2, 0.25) is 6.79 Å². The van der Waals surface area contributed by atoms with Crippen molar-refractivity contribution in [3.63, 3.8) is 0 Å². The van der Waals surface area contributed by atoms with Crippen molar-refractivity contribution in [3.05, 3.63) is 65.4 Å². The number of nitrogens with zero attached hydrogens (tertiary/aromatic N) is 5. The number of rotatable bonds is 5. The highest BCUT2D eigenvalue weighted by Crippen LogP contribution is 2.35. The number of piperazine rings is 1. The molecule has 37 heavy (non-hydrogen) atoms. The lowest BCUT2D eigenvalue weighted by atomic mass is 9.96. The summed E-state index contributed by atoms with van der Waals surface area (Å²) in [7, 11) is 1.70. The molecule has 0 N–H and O–H groups in total. The molecule has 2 aromatic carbocycles. The number of benzene rings is 2. The first-order chi connectivity index (χ1) is 18.2. The zero-order chi connectivity index (χ0) is 24.8. The van der Waals surface area contributed by atoms with Gasteiger partial charge in [0.1, 0.15) is 11.6 Å². The van der Waals surface area contributed by atoms with Crippen LogP contribution in [0.15, 0.2) is 48.5 Å². The Kier molecular flexibility index (Phi) is 5.61. The number of aryl methyl sites for hydroxylation is 1. The lowest BCUT2D eigenvalue weighted by Gasteiger charge is -2.37. The summed E-state index contributed by atoms with van der Waals surface area (Å²) in [5.41, 5.74) is 6.78. The van der Waals surface area contributed by atoms with Crippen LogP contribution in [0.1, 0.15) is 29.7 Å². The third kappa shape index (κ3) is 4.15. The molecule has 0 saturated carbocycles. The van der Waals surface area contributed by atoms with E-state index in [0.717, 1.165) is 79.7 Å². The molecule has 8 heteroatoms. The summed E-state index contributed by atoms with van der Waals surface area (Å²) in [6.07, 6.45) is 4.53. The van der Waals surface area contributed by atoms with Crippen molar-refractivity contribution >= 4 is 11.5 Å². The average molecular weight is 498 g/mol. The number of anilines is 1. The number of ether oxygens (including phenoxy) is 3. The van der Waals surface area contributed by atoms with Gasteiger partial charge in [0.25, 0.3) is 0 Å². The normalized spacial score (nSPS) is 17.3. The van der Waals surface area contributed by atoms with Gasteiger partial charge in [-0.3, -0.25) is 4.90 Å². The van der Waals surface area contributed by atoms with Crippen LogP contribution in [0, 0.1) is 0 Å². The van der Waals surface area contributed by atoms with Crippen molar-refractivity contribution in [2.75, 3.05) is 45.0 Å². The molecule has 0 radical (unpaired) electrons. The topological polar surface area (TPSA) is 64.4 Å². The van der Waals surface area contributed by atoms with E-state index in [2.05, 4.69) is 38.6 Å². The molecule has 7 rings (SSSR count). The van der Waals surface area contributed by atoms with Crippen LogP contribution in [0.3, 0.4) is 0 Å². The number of aromatic nitrogens is 3. The standard InChI is InChI=1S/C29H31N5O3/c1-35-22-6-4-5-21(16-22)25-17-28-30-24-8-3-2-7-23(24)29(34(28)31-25)33-13-11-32(12-14-33)18-20-9-10-26-27(15-20)37-19-36-26/h4-6,9-10,15-17H,2-3,7-8,11-14,18-19H2,1H3. The molecule has 1 fully saturated rings. The van der Waals surface area contributed by atoms with Crippen LogP contribution >= 0.6 is 0 Å². The van der Waals surface area contributed by atoms with E-state index in [4.69, 9.17) is 24.3 Å². The summed E-state index contributed by atoms with van der Waals surface area (Å²) in [6.45, 7) is 5.15. The highest BCUT2D eigenvalue weighted by Gasteiger charge is 2.27. The number of hydrogen-bond donors (Lipinski definition) is 0. The molecule has 0 atom stereocenters. The fourth-order valence-corrected chi connectivity index (χ4v) is 5.79. The monoisotopic (exact) mass is 497 g/mol. The molecule has 4 aromatic rings. The maximum Gasteiger partial charge on any atom is 0.231 e. The Morgan fingerprint density at radius 1 is 0.919 bits per heavy atom. The van der Waals surface area contributed by atoms with Crippen molar-refractivity contribution in [3.8, 4) is 28.5 Å². The van der Waals surface area contributed by atoms with Crippen LogP contribution in [-0.2, 0) is 19.4 Å². The Morgan fingerprint density at radius 2 is 1.78 bits per heavy atom. The molecule has 2 aromatic heterocycles. The number of methoxy groups -OCH3 is 1. The Bertz CT molecular complexity index is 1460. The van der Waals surface area contributed by atoms with Gasteiger partial charge in [0.15, 0.2) is 17.1 Å². The van der Waals surface area contributed by atoms with Crippen molar-refractivity contribution in [2.45, 2.75) is 32.2 Å². The van der Waals surface area contributed by atoms with Crippen LogP contribution in [0.2, 0.25) is 0 Å². The minimum atomic E-state index is 0.315. The second kappa shape index (κ2) is 9.27. The quantitative estimate of drug-likeness (QED) is 0.407. The zero-order valence-corrected chi connectivity index (χ0v) is 21.2. The number of hydrogen-bond acceptors (Lipinski definition) is 7. The van der Waals surface area contributed by atoms with Crippen LogP contribution in [-0.4, -0.2) is 59.6 Å². The smallest absolute Gasteiger partial charge is 0.231 e. The van der Waals surface area contributed by atoms with Gasteiger partial charge in [0.05, 0.1) is 12.8 Å². The van der Waals surface area contributed by atoms with E-state index >= 15 is 0 Å². The van der Waals surface area contributed by atoms with Gasteiger partial charge in [-0.15, -0.1) is 0 Å². The molecule has 0 amide bonds. The summed E-state index contributed by atoms with van der Waals surface area (Å²) < 4.78 is 18.6. The van der Waals surface area contributed by atoms with E-state index in [9.17, 15) is 0 Å². The van der Waals surface area contributed by atoms with Crippen LogP contribution in [0.4, 0.5) is 5.82 Å². The Labute approximate surface area is 216 Å². The Hall–Kier alpha value is -3.78. The van der Waals surface area contributed by atoms with Crippen LogP contribution in [0.5, 0.6) is 17.2 Å². The first kappa shape index (κ1) is 22.4. The summed E-state index contributed by atoms with van der Waals surface area (Å²) in [5.74, 6) is 3.76. The van der Waals surface area contributed by atoms with Crippen molar-refractivity contribution < 1.29 is 14.2 Å². The third-order valence-corrected chi connectivity index (χ3v) is 7.73. The molecule has 0 spiro atoms. The van der Waals surface area contributed by atoms with Gasteiger partial charge in [-0.2, -0.15) is 9.61 Å². The second-order valence-electron chi connectivity index (χ2n) is 10.1. The zero-order valence-electron chi connectivity index (χ0n) is 21.2. The van der Waals surface area contributed by atoms with E-state index in [1.54, 1.807) is 7.11 Å². The minimum absolute atomic E-state index is 0.315. The lowest BCUT2D eigenvalue weighted by molar-refractivity contribution is 0.174. The predicted molar refractivity (Wildman–Crippen MR) is 142 cm³/mol. The van der Waals surface area contributed by atoms with Gasteiger partial charge >= 0.3 is 0 Å². The molecule has 1 saturated heterocycles. The van der Waals surface area contributed by atoms with Gasteiger partial charge in [-0.05, 0) is 55.5 Å². The molecule has 8 nitrogen and oxygen atoms in total. The van der Waals surface area contributed by atoms with Crippen LogP contribution < -0.4 is 19.1 Å². The molecule has 2 aliphatic heterocycles. The molecule has 190 valence electrons. The maximum absolute atomic E-state index is 5.57. The van der Waals surface area contributed by atoms with Crippen LogP contribution in [0.25, 0.3) is 16.9 Å². The fourth-order valence-electron chi connectivity index (χ4n) is 5.79. The van der Waals surface area contributed by atoms with Crippen molar-refractivity contribution in [1.29, 1.82) is 0 Å². The largest absolute Gasteiger partial charge is 0.497 e. The molecule has 4 heterocycles. The second-order valence-corrected chi connectivity index (χ2v) is 10.1. The molecule has 1 aliphatic carbocycles. The SMILES string of the molecule is COc1cccc(-c2cc3nc4c(c(N5CCN(Cc6ccc7c(c6)OCO7)CC5)n3n2)CCCC4)c1. The summed E-state index contributed by atoms with van der Waals surface area (Å²) in [5, 5.41) is 5.08. The Morgan fingerprint density at radius 3 is 2.68 bits per heavy atom. The minimum Gasteiger partial charge on any atom is -0.497 e. The third-order valence-electron chi connectivity index (χ3n) is 7.73. The summed E-state index contributed by atoms with van der Waals surface area (Å²) in [4.78, 5) is 10.1. The molecule has 0 unspecified atom stereocenters. The van der Waals surface area contributed by atoms with Gasteiger partial charge in [-0.25, -0.2) is 4.98 Å². The van der Waals surface area contributed by atoms with E-state index in [1.807, 2.05) is 24.3 Å². The highest BCUT2D eigenvalue weighted by atomic mass is 16.7. The Balaban J connectivity index is 1.17. The molecule has 0 bridgehead atoms. The number of fused-ring (bicyclic) bond motifs is 3. The van der Waals surface area contributed by atoms with Crippen molar-refractivity contribution in [1.82, 2.24) is 19.5 Å². The van der Waals surface area contributed by atoms with E-state index in [-0.39, 0.29) is 0 Å². The fraction of sp³-hybridized carbons (Fsp3) is 0.379. The van der Waals surface area contributed by atoms with E-state index in [1.165, 1.54) is 35.5 Å². The van der Waals surface area contributed by atoms with E-state index < -0.39 is 0 Å². The average Bonchev–Trinajstić information content (AvgIpc) is 3.59. The molecular formula is C29H31N5O3. The molecule has 3 aliphatic rings. The summed E-state index contributed by atoms with van der Waals surface area (Å²) in [6, 6.07) is 16.5. The highest BCUT2D eigenvalue weighted by molar-refractivity contribution is 5.68. The summed E-state index contributed by atoms with van der Waals surface area (Å²) >= 11 is 0. The van der Waals surface area contributed by atoms with E-state index in [0.29, 0.717) is 6.79 Å².